The third-order valence-electron chi connectivity index (χ3n) is 2.98. The molecule has 3 nitrogen and oxygen atoms in total. The fourth-order valence-corrected chi connectivity index (χ4v) is 2.20. The van der Waals surface area contributed by atoms with Crippen LogP contribution < -0.4 is 0 Å². The quantitative estimate of drug-likeness (QED) is 0.599. The number of ether oxygens (including phenoxy) is 1. The highest BCUT2D eigenvalue weighted by Crippen LogP contribution is 2.26. The maximum atomic E-state index is 13.6. The summed E-state index contributed by atoms with van der Waals surface area (Å²) in [5.41, 5.74) is 0.791. The smallest absolute Gasteiger partial charge is 0.363 e. The molecule has 0 aliphatic carbocycles. The van der Waals surface area contributed by atoms with Crippen LogP contribution in [0.2, 0.25) is 10.0 Å². The molecule has 0 saturated heterocycles. The zero-order chi connectivity index (χ0) is 15.7. The summed E-state index contributed by atoms with van der Waals surface area (Å²) < 4.78 is 18.7. The molecular formula is C16H8Cl2FNO2. The van der Waals surface area contributed by atoms with Crippen molar-refractivity contribution in [1.29, 1.82) is 0 Å². The summed E-state index contributed by atoms with van der Waals surface area (Å²) in [6.45, 7) is 0. The molecule has 3 rings (SSSR count). The summed E-state index contributed by atoms with van der Waals surface area (Å²) in [6, 6.07) is 10.8. The molecular weight excluding hydrogens is 328 g/mol. The van der Waals surface area contributed by atoms with Crippen LogP contribution in [-0.2, 0) is 9.53 Å². The molecule has 0 N–H and O–H groups in total. The normalized spacial score (nSPS) is 15.9. The van der Waals surface area contributed by atoms with Crippen molar-refractivity contribution in [1.82, 2.24) is 0 Å². The van der Waals surface area contributed by atoms with E-state index in [1.807, 2.05) is 0 Å². The molecule has 1 aliphatic heterocycles. The van der Waals surface area contributed by atoms with E-state index >= 15 is 0 Å². The SMILES string of the molecule is O=C1OC(c2ccc(Cl)c(Cl)c2)=N/C1=C\c1ccccc1F. The third kappa shape index (κ3) is 2.89. The maximum Gasteiger partial charge on any atom is 0.363 e. The number of halogens is 3. The van der Waals surface area contributed by atoms with Crippen molar-refractivity contribution in [3.63, 3.8) is 0 Å². The van der Waals surface area contributed by atoms with Crippen LogP contribution in [0.25, 0.3) is 6.08 Å². The van der Waals surface area contributed by atoms with Crippen LogP contribution in [0.3, 0.4) is 0 Å². The van der Waals surface area contributed by atoms with Crippen LogP contribution in [0.5, 0.6) is 0 Å². The van der Waals surface area contributed by atoms with Gasteiger partial charge < -0.3 is 4.74 Å². The predicted molar refractivity (Wildman–Crippen MR) is 83.5 cm³/mol. The Morgan fingerprint density at radius 1 is 1.09 bits per heavy atom. The van der Waals surface area contributed by atoms with E-state index in [9.17, 15) is 9.18 Å². The maximum absolute atomic E-state index is 13.6. The molecule has 0 atom stereocenters. The molecule has 0 unspecified atom stereocenters. The van der Waals surface area contributed by atoms with Gasteiger partial charge in [0.25, 0.3) is 0 Å². The average molecular weight is 336 g/mol. The monoisotopic (exact) mass is 335 g/mol. The minimum absolute atomic E-state index is 0.0196. The van der Waals surface area contributed by atoms with Crippen LogP contribution in [0.15, 0.2) is 53.2 Å². The molecule has 1 heterocycles. The zero-order valence-corrected chi connectivity index (χ0v) is 12.5. The number of carbonyl (C=O) groups excluding carboxylic acids is 1. The number of hydrogen-bond acceptors (Lipinski definition) is 3. The lowest BCUT2D eigenvalue weighted by Crippen LogP contribution is -2.05. The lowest BCUT2D eigenvalue weighted by molar-refractivity contribution is -0.129. The number of carbonyl (C=O) groups is 1. The Labute approximate surface area is 135 Å². The van der Waals surface area contributed by atoms with E-state index in [1.165, 1.54) is 12.1 Å². The fourth-order valence-electron chi connectivity index (χ4n) is 1.90. The van der Waals surface area contributed by atoms with Gasteiger partial charge in [-0.05, 0) is 30.3 Å². The second-order valence-electron chi connectivity index (χ2n) is 4.49. The van der Waals surface area contributed by atoms with Crippen molar-refractivity contribution >= 4 is 41.1 Å². The molecule has 0 spiro atoms. The molecule has 0 fully saturated rings. The third-order valence-corrected chi connectivity index (χ3v) is 3.72. The Hall–Kier alpha value is -2.17. The Morgan fingerprint density at radius 3 is 2.59 bits per heavy atom. The topological polar surface area (TPSA) is 38.7 Å². The Morgan fingerprint density at radius 2 is 1.86 bits per heavy atom. The number of benzene rings is 2. The van der Waals surface area contributed by atoms with Gasteiger partial charge in [0.2, 0.25) is 5.90 Å². The van der Waals surface area contributed by atoms with Gasteiger partial charge in [-0.3, -0.25) is 0 Å². The minimum atomic E-state index is -0.649. The van der Waals surface area contributed by atoms with Gasteiger partial charge in [0.05, 0.1) is 10.0 Å². The molecule has 22 heavy (non-hydrogen) atoms. The van der Waals surface area contributed by atoms with Crippen molar-refractivity contribution in [2.24, 2.45) is 4.99 Å². The Bertz CT molecular complexity index is 831. The van der Waals surface area contributed by atoms with Gasteiger partial charge in [-0.15, -0.1) is 0 Å². The number of nitrogens with zero attached hydrogens (tertiary/aromatic N) is 1. The van der Waals surface area contributed by atoms with E-state index in [0.717, 1.165) is 0 Å². The lowest BCUT2D eigenvalue weighted by atomic mass is 10.2. The van der Waals surface area contributed by atoms with Gasteiger partial charge in [0.1, 0.15) is 5.82 Å². The zero-order valence-electron chi connectivity index (χ0n) is 11.0. The molecule has 0 radical (unpaired) electrons. The first-order valence-corrected chi connectivity index (χ1v) is 7.03. The summed E-state index contributed by atoms with van der Waals surface area (Å²) in [5.74, 6) is -0.989. The molecule has 0 aromatic heterocycles. The number of esters is 1. The fraction of sp³-hybridized carbons (Fsp3) is 0. The summed E-state index contributed by atoms with van der Waals surface area (Å²) in [6.07, 6.45) is 1.34. The second kappa shape index (κ2) is 5.91. The van der Waals surface area contributed by atoms with E-state index in [2.05, 4.69) is 4.99 Å². The Kier molecular flexibility index (Phi) is 3.96. The van der Waals surface area contributed by atoms with E-state index in [-0.39, 0.29) is 17.2 Å². The van der Waals surface area contributed by atoms with E-state index in [0.29, 0.717) is 15.6 Å². The van der Waals surface area contributed by atoms with Crippen molar-refractivity contribution in [2.45, 2.75) is 0 Å². The second-order valence-corrected chi connectivity index (χ2v) is 5.30. The number of aliphatic imine (C=N–C) groups is 1. The molecule has 110 valence electrons. The van der Waals surface area contributed by atoms with Gasteiger partial charge >= 0.3 is 5.97 Å². The molecule has 2 aromatic rings. The first kappa shape index (κ1) is 14.8. The van der Waals surface area contributed by atoms with Crippen LogP contribution >= 0.6 is 23.2 Å². The molecule has 1 aliphatic rings. The highest BCUT2D eigenvalue weighted by Gasteiger charge is 2.24. The predicted octanol–water partition coefficient (Wildman–Crippen LogP) is 4.48. The number of hydrogen-bond donors (Lipinski definition) is 0. The molecule has 0 saturated carbocycles. The minimum Gasteiger partial charge on any atom is -0.402 e. The van der Waals surface area contributed by atoms with Crippen molar-refractivity contribution < 1.29 is 13.9 Å². The highest BCUT2D eigenvalue weighted by molar-refractivity contribution is 6.42. The van der Waals surface area contributed by atoms with Crippen LogP contribution in [-0.4, -0.2) is 11.9 Å². The van der Waals surface area contributed by atoms with E-state index in [1.54, 1.807) is 36.4 Å². The summed E-state index contributed by atoms with van der Waals surface area (Å²) in [7, 11) is 0. The van der Waals surface area contributed by atoms with Crippen LogP contribution in [0.1, 0.15) is 11.1 Å². The van der Waals surface area contributed by atoms with Crippen molar-refractivity contribution in [3.8, 4) is 0 Å². The first-order valence-electron chi connectivity index (χ1n) is 6.27. The highest BCUT2D eigenvalue weighted by atomic mass is 35.5. The van der Waals surface area contributed by atoms with Gasteiger partial charge in [-0.1, -0.05) is 41.4 Å². The largest absolute Gasteiger partial charge is 0.402 e. The van der Waals surface area contributed by atoms with E-state index in [4.69, 9.17) is 27.9 Å². The summed E-state index contributed by atoms with van der Waals surface area (Å²) in [5, 5.41) is 0.710. The van der Waals surface area contributed by atoms with Gasteiger partial charge in [0, 0.05) is 11.1 Å². The standard InChI is InChI=1S/C16H8Cl2FNO2/c17-11-6-5-10(7-12(11)18)15-20-14(16(21)22-15)8-9-3-1-2-4-13(9)19/h1-8H/b14-8-. The van der Waals surface area contributed by atoms with Crippen LogP contribution in [0, 0.1) is 5.82 Å². The van der Waals surface area contributed by atoms with Gasteiger partial charge in [-0.25, -0.2) is 14.2 Å². The molecule has 0 amide bonds. The van der Waals surface area contributed by atoms with Crippen molar-refractivity contribution in [2.75, 3.05) is 0 Å². The van der Waals surface area contributed by atoms with Gasteiger partial charge in [-0.2, -0.15) is 0 Å². The first-order chi connectivity index (χ1) is 10.5. The Balaban J connectivity index is 1.98. The van der Waals surface area contributed by atoms with Crippen molar-refractivity contribution in [3.05, 3.63) is 75.2 Å². The van der Waals surface area contributed by atoms with Crippen LogP contribution in [0.4, 0.5) is 4.39 Å². The molecule has 0 bridgehead atoms. The summed E-state index contributed by atoms with van der Waals surface area (Å²) in [4.78, 5) is 15.9. The number of cyclic esters (lactones) is 1. The lowest BCUT2D eigenvalue weighted by Gasteiger charge is -2.01. The molecule has 6 heteroatoms. The van der Waals surface area contributed by atoms with E-state index < -0.39 is 11.8 Å². The van der Waals surface area contributed by atoms with Gasteiger partial charge in [0.15, 0.2) is 5.70 Å². The molecule has 2 aromatic carbocycles. The summed E-state index contributed by atoms with van der Waals surface area (Å²) >= 11 is 11.8. The average Bonchev–Trinajstić information content (AvgIpc) is 2.85. The number of rotatable bonds is 2.